The standard InChI is InChI=1S/C15H29N3O/c1-2-15(6-3-4-7-15)14(19)18-10-5-9-17(11-8-16)12-13-18/h2-13,16H2,1H3. The molecule has 1 aliphatic carbocycles. The zero-order valence-corrected chi connectivity index (χ0v) is 12.4. The summed E-state index contributed by atoms with van der Waals surface area (Å²) in [5.41, 5.74) is 5.60. The molecule has 1 aliphatic heterocycles. The van der Waals surface area contributed by atoms with Gasteiger partial charge < -0.3 is 15.5 Å². The normalized spacial score (nSPS) is 24.4. The number of carbonyl (C=O) groups is 1. The number of hydrogen-bond acceptors (Lipinski definition) is 3. The molecule has 2 aliphatic rings. The third kappa shape index (κ3) is 3.29. The van der Waals surface area contributed by atoms with Gasteiger partial charge >= 0.3 is 0 Å². The molecule has 0 aromatic rings. The average molecular weight is 267 g/mol. The Kier molecular flexibility index (Phi) is 5.22. The van der Waals surface area contributed by atoms with Crippen LogP contribution in [-0.4, -0.2) is 55.0 Å². The van der Waals surface area contributed by atoms with Gasteiger partial charge in [-0.25, -0.2) is 0 Å². The lowest BCUT2D eigenvalue weighted by atomic mass is 9.82. The van der Waals surface area contributed by atoms with Gasteiger partial charge in [-0.05, 0) is 32.2 Å². The highest BCUT2D eigenvalue weighted by Gasteiger charge is 2.41. The second kappa shape index (κ2) is 6.71. The van der Waals surface area contributed by atoms with Gasteiger partial charge in [0.2, 0.25) is 5.91 Å². The number of hydrogen-bond donors (Lipinski definition) is 1. The Morgan fingerprint density at radius 2 is 1.84 bits per heavy atom. The van der Waals surface area contributed by atoms with Crippen molar-refractivity contribution in [1.82, 2.24) is 9.80 Å². The van der Waals surface area contributed by atoms with Crippen LogP contribution in [0.1, 0.15) is 45.4 Å². The quantitative estimate of drug-likeness (QED) is 0.839. The summed E-state index contributed by atoms with van der Waals surface area (Å²) in [6.45, 7) is 7.75. The predicted molar refractivity (Wildman–Crippen MR) is 77.9 cm³/mol. The maximum Gasteiger partial charge on any atom is 0.228 e. The van der Waals surface area contributed by atoms with Crippen molar-refractivity contribution >= 4 is 5.91 Å². The van der Waals surface area contributed by atoms with Gasteiger partial charge in [0.15, 0.2) is 0 Å². The van der Waals surface area contributed by atoms with E-state index in [2.05, 4.69) is 16.7 Å². The Morgan fingerprint density at radius 1 is 1.11 bits per heavy atom. The van der Waals surface area contributed by atoms with E-state index in [-0.39, 0.29) is 5.41 Å². The van der Waals surface area contributed by atoms with Crippen LogP contribution in [0.3, 0.4) is 0 Å². The van der Waals surface area contributed by atoms with E-state index in [1.807, 2.05) is 0 Å². The first-order valence-corrected chi connectivity index (χ1v) is 7.93. The minimum atomic E-state index is -0.0248. The Bertz CT molecular complexity index is 300. The van der Waals surface area contributed by atoms with Gasteiger partial charge in [-0.2, -0.15) is 0 Å². The first-order valence-electron chi connectivity index (χ1n) is 7.93. The Balaban J connectivity index is 1.95. The molecule has 2 fully saturated rings. The molecule has 0 bridgehead atoms. The van der Waals surface area contributed by atoms with Crippen LogP contribution in [0.5, 0.6) is 0 Å². The van der Waals surface area contributed by atoms with E-state index in [1.165, 1.54) is 12.8 Å². The molecule has 1 saturated heterocycles. The van der Waals surface area contributed by atoms with Crippen molar-refractivity contribution in [3.63, 3.8) is 0 Å². The Hall–Kier alpha value is -0.610. The zero-order valence-electron chi connectivity index (χ0n) is 12.4. The summed E-state index contributed by atoms with van der Waals surface area (Å²) in [6, 6.07) is 0. The molecule has 4 heteroatoms. The summed E-state index contributed by atoms with van der Waals surface area (Å²) >= 11 is 0. The number of nitrogens with two attached hydrogens (primary N) is 1. The number of carbonyl (C=O) groups excluding carboxylic acids is 1. The minimum Gasteiger partial charge on any atom is -0.341 e. The molecule has 19 heavy (non-hydrogen) atoms. The molecule has 1 heterocycles. The number of nitrogens with zero attached hydrogens (tertiary/aromatic N) is 2. The first kappa shape index (κ1) is 14.8. The van der Waals surface area contributed by atoms with Crippen LogP contribution in [0.25, 0.3) is 0 Å². The molecular formula is C15H29N3O. The first-order chi connectivity index (χ1) is 9.22. The smallest absolute Gasteiger partial charge is 0.228 e. The van der Waals surface area contributed by atoms with E-state index in [0.717, 1.165) is 58.4 Å². The van der Waals surface area contributed by atoms with Crippen LogP contribution in [0, 0.1) is 5.41 Å². The zero-order chi connectivity index (χ0) is 13.7. The van der Waals surface area contributed by atoms with Crippen molar-refractivity contribution in [3.05, 3.63) is 0 Å². The summed E-state index contributed by atoms with van der Waals surface area (Å²) in [6.07, 6.45) is 6.76. The largest absolute Gasteiger partial charge is 0.341 e. The number of rotatable bonds is 4. The van der Waals surface area contributed by atoms with Crippen molar-refractivity contribution in [3.8, 4) is 0 Å². The molecule has 2 rings (SSSR count). The summed E-state index contributed by atoms with van der Waals surface area (Å²) < 4.78 is 0. The molecule has 1 amide bonds. The van der Waals surface area contributed by atoms with E-state index < -0.39 is 0 Å². The molecule has 1 saturated carbocycles. The molecule has 0 spiro atoms. The van der Waals surface area contributed by atoms with Crippen LogP contribution >= 0.6 is 0 Å². The van der Waals surface area contributed by atoms with Gasteiger partial charge in [0.25, 0.3) is 0 Å². The second-order valence-electron chi connectivity index (χ2n) is 6.12. The van der Waals surface area contributed by atoms with Gasteiger partial charge in [-0.3, -0.25) is 4.79 Å². The molecule has 0 aromatic heterocycles. The van der Waals surface area contributed by atoms with Crippen molar-refractivity contribution in [2.24, 2.45) is 11.1 Å². The molecule has 0 unspecified atom stereocenters. The minimum absolute atomic E-state index is 0.0248. The van der Waals surface area contributed by atoms with Crippen LogP contribution in [0.2, 0.25) is 0 Å². The molecule has 0 atom stereocenters. The third-order valence-electron chi connectivity index (χ3n) is 5.01. The fourth-order valence-electron chi connectivity index (χ4n) is 3.69. The van der Waals surface area contributed by atoms with E-state index in [0.29, 0.717) is 12.5 Å². The summed E-state index contributed by atoms with van der Waals surface area (Å²) in [5.74, 6) is 0.432. The Labute approximate surface area is 117 Å². The third-order valence-corrected chi connectivity index (χ3v) is 5.01. The maximum atomic E-state index is 12.9. The van der Waals surface area contributed by atoms with Gasteiger partial charge in [0, 0.05) is 38.1 Å². The van der Waals surface area contributed by atoms with Crippen molar-refractivity contribution in [2.45, 2.75) is 45.4 Å². The molecule has 110 valence electrons. The molecular weight excluding hydrogens is 238 g/mol. The fourth-order valence-corrected chi connectivity index (χ4v) is 3.69. The summed E-state index contributed by atoms with van der Waals surface area (Å²) in [4.78, 5) is 17.4. The van der Waals surface area contributed by atoms with Crippen molar-refractivity contribution in [1.29, 1.82) is 0 Å². The average Bonchev–Trinajstić information content (AvgIpc) is 2.80. The molecule has 0 radical (unpaired) electrons. The monoisotopic (exact) mass is 267 g/mol. The lowest BCUT2D eigenvalue weighted by molar-refractivity contribution is -0.142. The van der Waals surface area contributed by atoms with Crippen LogP contribution < -0.4 is 5.73 Å². The summed E-state index contributed by atoms with van der Waals surface area (Å²) in [7, 11) is 0. The van der Waals surface area contributed by atoms with Crippen LogP contribution in [0.15, 0.2) is 0 Å². The van der Waals surface area contributed by atoms with Crippen molar-refractivity contribution in [2.75, 3.05) is 39.3 Å². The molecule has 4 nitrogen and oxygen atoms in total. The van der Waals surface area contributed by atoms with Gasteiger partial charge in [-0.15, -0.1) is 0 Å². The maximum absolute atomic E-state index is 12.9. The fraction of sp³-hybridized carbons (Fsp3) is 0.933. The Morgan fingerprint density at radius 3 is 2.47 bits per heavy atom. The van der Waals surface area contributed by atoms with Gasteiger partial charge in [-0.1, -0.05) is 19.8 Å². The second-order valence-corrected chi connectivity index (χ2v) is 6.12. The topological polar surface area (TPSA) is 49.6 Å². The molecule has 2 N–H and O–H groups in total. The van der Waals surface area contributed by atoms with E-state index in [4.69, 9.17) is 5.73 Å². The van der Waals surface area contributed by atoms with Gasteiger partial charge in [0.05, 0.1) is 0 Å². The number of amides is 1. The highest BCUT2D eigenvalue weighted by atomic mass is 16.2. The highest BCUT2D eigenvalue weighted by Crippen LogP contribution is 2.42. The van der Waals surface area contributed by atoms with Crippen LogP contribution in [-0.2, 0) is 4.79 Å². The summed E-state index contributed by atoms with van der Waals surface area (Å²) in [5, 5.41) is 0. The van der Waals surface area contributed by atoms with Gasteiger partial charge in [0.1, 0.15) is 0 Å². The lowest BCUT2D eigenvalue weighted by Crippen LogP contribution is -2.44. The SMILES string of the molecule is CCC1(C(=O)N2CCCN(CCN)CC2)CCCC1. The predicted octanol–water partition coefficient (Wildman–Crippen LogP) is 1.45. The molecule has 0 aromatic carbocycles. The van der Waals surface area contributed by atoms with Crippen molar-refractivity contribution < 1.29 is 4.79 Å². The van der Waals surface area contributed by atoms with Crippen LogP contribution in [0.4, 0.5) is 0 Å². The highest BCUT2D eigenvalue weighted by molar-refractivity contribution is 5.83. The van der Waals surface area contributed by atoms with E-state index >= 15 is 0 Å². The van der Waals surface area contributed by atoms with E-state index in [9.17, 15) is 4.79 Å². The lowest BCUT2D eigenvalue weighted by Gasteiger charge is -2.33. The van der Waals surface area contributed by atoms with E-state index in [1.54, 1.807) is 0 Å².